The molecule has 2 aromatic carbocycles. The molecule has 23 heavy (non-hydrogen) atoms. The molecule has 122 valence electrons. The van der Waals surface area contributed by atoms with Crippen LogP contribution >= 0.6 is 0 Å². The molecule has 0 fully saturated rings. The van der Waals surface area contributed by atoms with Crippen molar-refractivity contribution in [3.05, 3.63) is 65.5 Å². The number of rotatable bonds is 6. The summed E-state index contributed by atoms with van der Waals surface area (Å²) in [6.07, 6.45) is 1.71. The number of nitrogens with one attached hydrogen (secondary N) is 1. The van der Waals surface area contributed by atoms with Crippen LogP contribution in [0.5, 0.6) is 0 Å². The molecule has 2 rings (SSSR count). The molecule has 0 spiro atoms. The van der Waals surface area contributed by atoms with Gasteiger partial charge in [0.15, 0.2) is 9.84 Å². The minimum atomic E-state index is -3.23. The summed E-state index contributed by atoms with van der Waals surface area (Å²) in [5.74, 6) is -0.466. The predicted molar refractivity (Wildman–Crippen MR) is 86.4 cm³/mol. The summed E-state index contributed by atoms with van der Waals surface area (Å²) in [7, 11) is -3.23. The van der Waals surface area contributed by atoms with Crippen molar-refractivity contribution < 1.29 is 17.6 Å². The molecular formula is C17H18FNO3S. The van der Waals surface area contributed by atoms with Crippen LogP contribution in [0.3, 0.4) is 0 Å². The summed E-state index contributed by atoms with van der Waals surface area (Å²) >= 11 is 0. The van der Waals surface area contributed by atoms with Crippen molar-refractivity contribution in [3.63, 3.8) is 0 Å². The maximum Gasteiger partial charge on any atom is 0.224 e. The smallest absolute Gasteiger partial charge is 0.224 e. The van der Waals surface area contributed by atoms with Gasteiger partial charge in [-0.1, -0.05) is 30.3 Å². The van der Waals surface area contributed by atoms with Crippen LogP contribution in [-0.4, -0.2) is 27.1 Å². The van der Waals surface area contributed by atoms with E-state index in [1.54, 1.807) is 30.3 Å². The van der Waals surface area contributed by atoms with Crippen molar-refractivity contribution >= 4 is 15.7 Å². The highest BCUT2D eigenvalue weighted by Gasteiger charge is 2.08. The summed E-state index contributed by atoms with van der Waals surface area (Å²) in [6.45, 7) is 0.348. The minimum Gasteiger partial charge on any atom is -0.355 e. The molecule has 0 aliphatic heterocycles. The van der Waals surface area contributed by atoms with Crippen LogP contribution in [0.4, 0.5) is 4.39 Å². The van der Waals surface area contributed by atoms with Gasteiger partial charge in [-0.25, -0.2) is 12.8 Å². The highest BCUT2D eigenvalue weighted by molar-refractivity contribution is 7.90. The lowest BCUT2D eigenvalue weighted by atomic mass is 10.1. The van der Waals surface area contributed by atoms with Crippen molar-refractivity contribution in [1.82, 2.24) is 5.32 Å². The van der Waals surface area contributed by atoms with Crippen molar-refractivity contribution in [3.8, 4) is 0 Å². The standard InChI is InChI=1S/C17H18FNO3S/c1-23(21,22)15-8-6-13(7-9-15)12-17(20)19-11-10-14-4-2-3-5-16(14)18/h2-9H,10-12H2,1H3,(H,19,20). The summed E-state index contributed by atoms with van der Waals surface area (Å²) < 4.78 is 36.2. The second-order valence-electron chi connectivity index (χ2n) is 5.28. The van der Waals surface area contributed by atoms with Crippen molar-refractivity contribution in [2.75, 3.05) is 12.8 Å². The first-order valence-electron chi connectivity index (χ1n) is 7.15. The number of hydrogen-bond donors (Lipinski definition) is 1. The van der Waals surface area contributed by atoms with Crippen LogP contribution in [-0.2, 0) is 27.5 Å². The van der Waals surface area contributed by atoms with E-state index in [-0.39, 0.29) is 23.0 Å². The average molecular weight is 335 g/mol. The van der Waals surface area contributed by atoms with E-state index < -0.39 is 9.84 Å². The fraction of sp³-hybridized carbons (Fsp3) is 0.235. The Morgan fingerprint density at radius 1 is 1.09 bits per heavy atom. The Balaban J connectivity index is 1.84. The number of halogens is 1. The first-order chi connectivity index (χ1) is 10.9. The Kier molecular flexibility index (Phi) is 5.50. The number of carbonyl (C=O) groups is 1. The van der Waals surface area contributed by atoms with Crippen molar-refractivity contribution in [1.29, 1.82) is 0 Å². The van der Waals surface area contributed by atoms with Crippen LogP contribution in [0.1, 0.15) is 11.1 Å². The molecule has 2 aromatic rings. The number of carbonyl (C=O) groups excluding carboxylic acids is 1. The lowest BCUT2D eigenvalue weighted by molar-refractivity contribution is -0.120. The predicted octanol–water partition coefficient (Wildman–Crippen LogP) is 2.13. The molecule has 0 radical (unpaired) electrons. The van der Waals surface area contributed by atoms with Crippen LogP contribution in [0.15, 0.2) is 53.4 Å². The zero-order valence-electron chi connectivity index (χ0n) is 12.8. The molecule has 0 saturated carbocycles. The Labute approximate surface area is 135 Å². The monoisotopic (exact) mass is 335 g/mol. The molecule has 1 amide bonds. The highest BCUT2D eigenvalue weighted by Crippen LogP contribution is 2.11. The lowest BCUT2D eigenvalue weighted by Crippen LogP contribution is -2.27. The van der Waals surface area contributed by atoms with Gasteiger partial charge in [-0.2, -0.15) is 0 Å². The van der Waals surface area contributed by atoms with Crippen molar-refractivity contribution in [2.24, 2.45) is 0 Å². The molecule has 0 atom stereocenters. The minimum absolute atomic E-state index is 0.154. The third kappa shape index (κ3) is 5.17. The van der Waals surface area contributed by atoms with Crippen LogP contribution < -0.4 is 5.32 Å². The molecule has 0 aliphatic carbocycles. The van der Waals surface area contributed by atoms with Gasteiger partial charge in [-0.15, -0.1) is 0 Å². The Bertz CT molecular complexity index is 786. The first-order valence-corrected chi connectivity index (χ1v) is 9.04. The Morgan fingerprint density at radius 3 is 2.35 bits per heavy atom. The van der Waals surface area contributed by atoms with E-state index in [0.717, 1.165) is 11.8 Å². The summed E-state index contributed by atoms with van der Waals surface area (Å²) in [6, 6.07) is 12.7. The second kappa shape index (κ2) is 7.37. The van der Waals surface area contributed by atoms with E-state index in [2.05, 4.69) is 5.32 Å². The summed E-state index contributed by atoms with van der Waals surface area (Å²) in [5.41, 5.74) is 1.28. The zero-order chi connectivity index (χ0) is 16.9. The van der Waals surface area contributed by atoms with Gasteiger partial charge < -0.3 is 5.32 Å². The molecule has 0 unspecified atom stereocenters. The number of benzene rings is 2. The van der Waals surface area contributed by atoms with Gasteiger partial charge in [-0.05, 0) is 35.7 Å². The SMILES string of the molecule is CS(=O)(=O)c1ccc(CC(=O)NCCc2ccccc2F)cc1. The molecule has 0 heterocycles. The summed E-state index contributed by atoms with van der Waals surface area (Å²) in [4.78, 5) is 12.1. The zero-order valence-corrected chi connectivity index (χ0v) is 13.6. The fourth-order valence-electron chi connectivity index (χ4n) is 2.14. The van der Waals surface area contributed by atoms with Gasteiger partial charge in [0.25, 0.3) is 0 Å². The summed E-state index contributed by atoms with van der Waals surface area (Å²) in [5, 5.41) is 2.73. The Morgan fingerprint density at radius 2 is 1.74 bits per heavy atom. The van der Waals surface area contributed by atoms with Crippen LogP contribution in [0, 0.1) is 5.82 Å². The maximum atomic E-state index is 13.4. The molecule has 4 nitrogen and oxygen atoms in total. The molecule has 1 N–H and O–H groups in total. The van der Waals surface area contributed by atoms with Crippen LogP contribution in [0.2, 0.25) is 0 Å². The van der Waals surface area contributed by atoms with Gasteiger partial charge in [-0.3, -0.25) is 4.79 Å². The van der Waals surface area contributed by atoms with Crippen LogP contribution in [0.25, 0.3) is 0 Å². The molecule has 6 heteroatoms. The van der Waals surface area contributed by atoms with E-state index in [9.17, 15) is 17.6 Å². The molecular weight excluding hydrogens is 317 g/mol. The first kappa shape index (κ1) is 17.1. The van der Waals surface area contributed by atoms with E-state index in [1.807, 2.05) is 0 Å². The normalized spacial score (nSPS) is 11.2. The molecule has 0 saturated heterocycles. The van der Waals surface area contributed by atoms with Gasteiger partial charge in [0, 0.05) is 12.8 Å². The van der Waals surface area contributed by atoms with Gasteiger partial charge in [0.2, 0.25) is 5.91 Å². The maximum absolute atomic E-state index is 13.4. The lowest BCUT2D eigenvalue weighted by Gasteiger charge is -2.07. The van der Waals surface area contributed by atoms with Crippen molar-refractivity contribution in [2.45, 2.75) is 17.7 Å². The third-order valence-corrected chi connectivity index (χ3v) is 4.52. The van der Waals surface area contributed by atoms with E-state index in [4.69, 9.17) is 0 Å². The van der Waals surface area contributed by atoms with E-state index >= 15 is 0 Å². The van der Waals surface area contributed by atoms with E-state index in [0.29, 0.717) is 18.5 Å². The quantitative estimate of drug-likeness (QED) is 0.880. The number of amides is 1. The van der Waals surface area contributed by atoms with Gasteiger partial charge in [0.05, 0.1) is 11.3 Å². The number of hydrogen-bond acceptors (Lipinski definition) is 3. The highest BCUT2D eigenvalue weighted by atomic mass is 32.2. The molecule has 0 aromatic heterocycles. The van der Waals surface area contributed by atoms with Gasteiger partial charge >= 0.3 is 0 Å². The largest absolute Gasteiger partial charge is 0.355 e. The topological polar surface area (TPSA) is 63.2 Å². The fourth-order valence-corrected chi connectivity index (χ4v) is 2.77. The van der Waals surface area contributed by atoms with Gasteiger partial charge in [0.1, 0.15) is 5.82 Å². The van der Waals surface area contributed by atoms with E-state index in [1.165, 1.54) is 18.2 Å². The molecule has 0 bridgehead atoms. The average Bonchev–Trinajstić information content (AvgIpc) is 2.49. The third-order valence-electron chi connectivity index (χ3n) is 3.39. The molecule has 0 aliphatic rings. The number of sulfone groups is 1. The Hall–Kier alpha value is -2.21. The second-order valence-corrected chi connectivity index (χ2v) is 7.30.